The molecule has 90 valence electrons. The number of aryl methyl sites for hydroxylation is 1. The van der Waals surface area contributed by atoms with Gasteiger partial charge in [0.2, 0.25) is 5.89 Å². The summed E-state index contributed by atoms with van der Waals surface area (Å²) in [6, 6.07) is 5.32. The van der Waals surface area contributed by atoms with Crippen molar-refractivity contribution in [2.75, 3.05) is 5.32 Å². The smallest absolute Gasteiger partial charge is 0.245 e. The maximum absolute atomic E-state index is 5.90. The van der Waals surface area contributed by atoms with Crippen molar-refractivity contribution in [3.63, 3.8) is 0 Å². The van der Waals surface area contributed by atoms with Crippen LogP contribution in [0.1, 0.15) is 18.6 Å². The molecule has 1 aromatic carbocycles. The first-order valence-corrected chi connectivity index (χ1v) is 5.95. The molecule has 0 unspecified atom stereocenters. The lowest BCUT2D eigenvalue weighted by Crippen LogP contribution is -1.99. The monoisotopic (exact) mass is 271 g/mol. The second kappa shape index (κ2) is 5.38. The molecule has 0 radical (unpaired) electrons. The molecule has 0 saturated heterocycles. The average molecular weight is 272 g/mol. The summed E-state index contributed by atoms with van der Waals surface area (Å²) < 4.78 is 5.05. The van der Waals surface area contributed by atoms with Gasteiger partial charge in [0.25, 0.3) is 0 Å². The summed E-state index contributed by atoms with van der Waals surface area (Å²) in [7, 11) is 0. The number of hydrogen-bond donors (Lipinski definition) is 1. The third-order valence-electron chi connectivity index (χ3n) is 2.19. The summed E-state index contributed by atoms with van der Waals surface area (Å²) in [6.07, 6.45) is 0.760. The van der Waals surface area contributed by atoms with Crippen molar-refractivity contribution in [2.45, 2.75) is 19.9 Å². The number of benzene rings is 1. The van der Waals surface area contributed by atoms with E-state index in [9.17, 15) is 0 Å². The summed E-state index contributed by atoms with van der Waals surface area (Å²) >= 11 is 11.7. The number of nitrogens with zero attached hydrogens (tertiary/aromatic N) is 2. The van der Waals surface area contributed by atoms with E-state index in [0.717, 1.165) is 12.1 Å². The van der Waals surface area contributed by atoms with Crippen molar-refractivity contribution in [2.24, 2.45) is 0 Å². The molecule has 0 aliphatic carbocycles. The Morgan fingerprint density at radius 1 is 1.29 bits per heavy atom. The lowest BCUT2D eigenvalue weighted by Gasteiger charge is -2.04. The summed E-state index contributed by atoms with van der Waals surface area (Å²) in [5, 5.41) is 7.97. The van der Waals surface area contributed by atoms with E-state index in [1.807, 2.05) is 13.0 Å². The van der Waals surface area contributed by atoms with Gasteiger partial charge in [-0.25, -0.2) is 0 Å². The third kappa shape index (κ3) is 3.11. The topological polar surface area (TPSA) is 51.0 Å². The van der Waals surface area contributed by atoms with E-state index in [-0.39, 0.29) is 0 Å². The van der Waals surface area contributed by atoms with Gasteiger partial charge in [0, 0.05) is 12.1 Å². The fourth-order valence-corrected chi connectivity index (χ4v) is 1.59. The Kier molecular flexibility index (Phi) is 3.86. The number of rotatable bonds is 4. The van der Waals surface area contributed by atoms with Gasteiger partial charge in [-0.15, -0.1) is 0 Å². The molecule has 4 nitrogen and oxygen atoms in total. The highest BCUT2D eigenvalue weighted by atomic mass is 35.5. The fraction of sp³-hybridized carbons (Fsp3) is 0.273. The third-order valence-corrected chi connectivity index (χ3v) is 2.93. The van der Waals surface area contributed by atoms with Crippen LogP contribution in [0.5, 0.6) is 0 Å². The minimum absolute atomic E-state index is 0.463. The quantitative estimate of drug-likeness (QED) is 0.924. The van der Waals surface area contributed by atoms with E-state index in [1.165, 1.54) is 0 Å². The molecule has 0 aliphatic rings. The Balaban J connectivity index is 1.99. The molecule has 1 aromatic heterocycles. The Morgan fingerprint density at radius 3 is 2.76 bits per heavy atom. The fourth-order valence-electron chi connectivity index (χ4n) is 1.29. The van der Waals surface area contributed by atoms with E-state index in [0.29, 0.717) is 28.3 Å². The summed E-state index contributed by atoms with van der Waals surface area (Å²) in [5.74, 6) is 1.25. The first-order chi connectivity index (χ1) is 8.19. The summed E-state index contributed by atoms with van der Waals surface area (Å²) in [4.78, 5) is 4.18. The molecule has 0 spiro atoms. The van der Waals surface area contributed by atoms with Crippen LogP contribution < -0.4 is 5.32 Å². The summed E-state index contributed by atoms with van der Waals surface area (Å²) in [6.45, 7) is 2.44. The minimum atomic E-state index is 0.463. The molecular formula is C11H11Cl2N3O. The van der Waals surface area contributed by atoms with Gasteiger partial charge in [0.15, 0.2) is 5.82 Å². The van der Waals surface area contributed by atoms with E-state index >= 15 is 0 Å². The van der Waals surface area contributed by atoms with Crippen LogP contribution in [0, 0.1) is 0 Å². The van der Waals surface area contributed by atoms with Gasteiger partial charge >= 0.3 is 0 Å². The Labute approximate surface area is 109 Å². The molecule has 0 aliphatic heterocycles. The van der Waals surface area contributed by atoms with Gasteiger partial charge in [0.1, 0.15) is 0 Å². The van der Waals surface area contributed by atoms with Gasteiger partial charge in [-0.2, -0.15) is 4.98 Å². The van der Waals surface area contributed by atoms with Crippen molar-refractivity contribution in [3.8, 4) is 0 Å². The largest absolute Gasteiger partial charge is 0.376 e. The molecule has 1 heterocycles. The van der Waals surface area contributed by atoms with Gasteiger partial charge < -0.3 is 9.84 Å². The normalized spacial score (nSPS) is 10.5. The first-order valence-electron chi connectivity index (χ1n) is 5.19. The molecule has 17 heavy (non-hydrogen) atoms. The standard InChI is InChI=1S/C11H11Cl2N3O/c1-2-10-15-11(17-16-10)6-14-7-3-4-8(12)9(13)5-7/h3-5,14H,2,6H2,1H3. The van der Waals surface area contributed by atoms with Gasteiger partial charge in [-0.1, -0.05) is 35.3 Å². The molecule has 0 amide bonds. The van der Waals surface area contributed by atoms with Gasteiger partial charge in [-0.3, -0.25) is 0 Å². The van der Waals surface area contributed by atoms with Gasteiger partial charge in [0.05, 0.1) is 16.6 Å². The van der Waals surface area contributed by atoms with Crippen LogP contribution in [0.15, 0.2) is 22.7 Å². The minimum Gasteiger partial charge on any atom is -0.376 e. The highest BCUT2D eigenvalue weighted by Gasteiger charge is 2.04. The van der Waals surface area contributed by atoms with Crippen molar-refractivity contribution in [1.29, 1.82) is 0 Å². The predicted octanol–water partition coefficient (Wildman–Crippen LogP) is 3.55. The van der Waals surface area contributed by atoms with Crippen LogP contribution in [-0.2, 0) is 13.0 Å². The maximum Gasteiger partial charge on any atom is 0.245 e. The van der Waals surface area contributed by atoms with Crippen LogP contribution in [0.3, 0.4) is 0 Å². The lowest BCUT2D eigenvalue weighted by atomic mass is 10.3. The number of hydrogen-bond acceptors (Lipinski definition) is 4. The van der Waals surface area contributed by atoms with Crippen LogP contribution in [0.2, 0.25) is 10.0 Å². The number of anilines is 1. The SMILES string of the molecule is CCc1noc(CNc2ccc(Cl)c(Cl)c2)n1. The van der Waals surface area contributed by atoms with Crippen LogP contribution >= 0.6 is 23.2 Å². The molecule has 0 atom stereocenters. The van der Waals surface area contributed by atoms with Crippen LogP contribution in [0.4, 0.5) is 5.69 Å². The Bertz CT molecular complexity index is 513. The average Bonchev–Trinajstić information content (AvgIpc) is 2.79. The molecule has 2 aromatic rings. The van der Waals surface area contributed by atoms with Crippen molar-refractivity contribution in [1.82, 2.24) is 10.1 Å². The van der Waals surface area contributed by atoms with Crippen LogP contribution in [-0.4, -0.2) is 10.1 Å². The second-order valence-electron chi connectivity index (χ2n) is 3.44. The summed E-state index contributed by atoms with van der Waals surface area (Å²) in [5.41, 5.74) is 0.857. The van der Waals surface area contributed by atoms with E-state index in [2.05, 4.69) is 15.5 Å². The predicted molar refractivity (Wildman–Crippen MR) is 67.5 cm³/mol. The first kappa shape index (κ1) is 12.2. The van der Waals surface area contributed by atoms with Crippen molar-refractivity contribution >= 4 is 28.9 Å². The number of nitrogens with one attached hydrogen (secondary N) is 1. The van der Waals surface area contributed by atoms with Crippen molar-refractivity contribution < 1.29 is 4.52 Å². The number of halogens is 2. The zero-order chi connectivity index (χ0) is 12.3. The Hall–Kier alpha value is -1.26. The second-order valence-corrected chi connectivity index (χ2v) is 4.25. The molecular weight excluding hydrogens is 261 g/mol. The van der Waals surface area contributed by atoms with E-state index in [4.69, 9.17) is 27.7 Å². The van der Waals surface area contributed by atoms with Crippen LogP contribution in [0.25, 0.3) is 0 Å². The highest BCUT2D eigenvalue weighted by molar-refractivity contribution is 6.42. The zero-order valence-electron chi connectivity index (χ0n) is 9.20. The van der Waals surface area contributed by atoms with Crippen molar-refractivity contribution in [3.05, 3.63) is 40.0 Å². The lowest BCUT2D eigenvalue weighted by molar-refractivity contribution is 0.378. The maximum atomic E-state index is 5.90. The number of aromatic nitrogens is 2. The molecule has 6 heteroatoms. The zero-order valence-corrected chi connectivity index (χ0v) is 10.7. The highest BCUT2D eigenvalue weighted by Crippen LogP contribution is 2.25. The van der Waals surface area contributed by atoms with E-state index in [1.54, 1.807) is 12.1 Å². The Morgan fingerprint density at radius 2 is 2.12 bits per heavy atom. The molecule has 0 fully saturated rings. The molecule has 1 N–H and O–H groups in total. The molecule has 2 rings (SSSR count). The van der Waals surface area contributed by atoms with E-state index < -0.39 is 0 Å². The molecule has 0 saturated carbocycles. The molecule has 0 bridgehead atoms. The van der Waals surface area contributed by atoms with Gasteiger partial charge in [-0.05, 0) is 18.2 Å².